The summed E-state index contributed by atoms with van der Waals surface area (Å²) < 4.78 is 10.5. The van der Waals surface area contributed by atoms with E-state index in [9.17, 15) is 19.2 Å². The van der Waals surface area contributed by atoms with Crippen LogP contribution in [-0.4, -0.2) is 61.9 Å². The number of ketones is 1. The molecule has 0 bridgehead atoms. The van der Waals surface area contributed by atoms with Gasteiger partial charge in [0, 0.05) is 32.2 Å². The fraction of sp³-hybridized carbons (Fsp3) is 0.406. The van der Waals surface area contributed by atoms with E-state index >= 15 is 0 Å². The maximum Gasteiger partial charge on any atom is 0.328 e. The normalized spacial score (nSPS) is 12.6. The zero-order valence-corrected chi connectivity index (χ0v) is 24.9. The SMILES string of the molecule is C=CCOc1ccc(C[C@H](NC(C)=O)C(=O)C[C@@H](CCCCN=C(N)N)C(=O)N[C@@H](Cc2ccccc2)C(=O)OC)cc1. The van der Waals surface area contributed by atoms with Crippen LogP contribution in [0.5, 0.6) is 5.75 Å². The number of ether oxygens (including phenoxy) is 2. The average Bonchev–Trinajstić information content (AvgIpc) is 2.98. The number of carbonyl (C=O) groups is 4. The number of Topliss-reactive ketones (excluding diaryl/α,β-unsaturated/α-hetero) is 1. The monoisotopic (exact) mass is 593 g/mol. The predicted molar refractivity (Wildman–Crippen MR) is 165 cm³/mol. The third kappa shape index (κ3) is 13.2. The molecule has 2 amide bonds. The van der Waals surface area contributed by atoms with Crippen LogP contribution in [0.2, 0.25) is 0 Å². The largest absolute Gasteiger partial charge is 0.490 e. The van der Waals surface area contributed by atoms with Crippen LogP contribution >= 0.6 is 0 Å². The van der Waals surface area contributed by atoms with Crippen molar-refractivity contribution in [3.63, 3.8) is 0 Å². The van der Waals surface area contributed by atoms with Crippen molar-refractivity contribution in [3.05, 3.63) is 78.4 Å². The lowest BCUT2D eigenvalue weighted by atomic mass is 9.90. The van der Waals surface area contributed by atoms with E-state index in [-0.39, 0.29) is 36.9 Å². The molecule has 2 aromatic carbocycles. The van der Waals surface area contributed by atoms with Crippen molar-refractivity contribution in [2.24, 2.45) is 22.4 Å². The van der Waals surface area contributed by atoms with E-state index < -0.39 is 29.9 Å². The first-order valence-corrected chi connectivity index (χ1v) is 14.2. The van der Waals surface area contributed by atoms with Gasteiger partial charge in [0.05, 0.1) is 13.2 Å². The number of benzene rings is 2. The summed E-state index contributed by atoms with van der Waals surface area (Å²) in [6.07, 6.45) is 3.46. The summed E-state index contributed by atoms with van der Waals surface area (Å²) in [5.74, 6) is -1.84. The lowest BCUT2D eigenvalue weighted by Gasteiger charge is -2.23. The highest BCUT2D eigenvalue weighted by molar-refractivity contribution is 5.93. The van der Waals surface area contributed by atoms with Crippen molar-refractivity contribution >= 4 is 29.5 Å². The Bertz CT molecular complexity index is 1230. The number of carbonyl (C=O) groups excluding carboxylic acids is 4. The first-order valence-electron chi connectivity index (χ1n) is 14.2. The molecule has 0 aliphatic rings. The molecule has 0 aliphatic carbocycles. The van der Waals surface area contributed by atoms with Gasteiger partial charge in [0.1, 0.15) is 18.4 Å². The van der Waals surface area contributed by atoms with E-state index in [2.05, 4.69) is 22.2 Å². The molecule has 0 fully saturated rings. The van der Waals surface area contributed by atoms with E-state index in [4.69, 9.17) is 20.9 Å². The smallest absolute Gasteiger partial charge is 0.328 e. The van der Waals surface area contributed by atoms with Crippen LogP contribution in [0, 0.1) is 5.92 Å². The van der Waals surface area contributed by atoms with Crippen molar-refractivity contribution in [1.82, 2.24) is 10.6 Å². The third-order valence-electron chi connectivity index (χ3n) is 6.66. The Morgan fingerprint density at radius 1 is 0.930 bits per heavy atom. The third-order valence-corrected chi connectivity index (χ3v) is 6.66. The molecule has 6 N–H and O–H groups in total. The Morgan fingerprint density at radius 2 is 1.58 bits per heavy atom. The van der Waals surface area contributed by atoms with Gasteiger partial charge in [-0.25, -0.2) is 4.79 Å². The number of rotatable bonds is 19. The summed E-state index contributed by atoms with van der Waals surface area (Å²) in [4.78, 5) is 55.7. The minimum absolute atomic E-state index is 0.0234. The maximum atomic E-state index is 13.6. The number of guanidine groups is 1. The molecule has 43 heavy (non-hydrogen) atoms. The predicted octanol–water partition coefficient (Wildman–Crippen LogP) is 2.22. The number of hydrogen-bond donors (Lipinski definition) is 4. The molecule has 0 unspecified atom stereocenters. The highest BCUT2D eigenvalue weighted by atomic mass is 16.5. The Labute approximate surface area is 253 Å². The van der Waals surface area contributed by atoms with E-state index in [0.29, 0.717) is 38.2 Å². The van der Waals surface area contributed by atoms with E-state index in [1.54, 1.807) is 18.2 Å². The second kappa shape index (κ2) is 18.7. The molecule has 0 radical (unpaired) electrons. The summed E-state index contributed by atoms with van der Waals surface area (Å²) in [5.41, 5.74) is 12.5. The molecule has 232 valence electrons. The van der Waals surface area contributed by atoms with Gasteiger partial charge in [0.2, 0.25) is 11.8 Å². The number of nitrogens with zero attached hydrogens (tertiary/aromatic N) is 1. The summed E-state index contributed by atoms with van der Waals surface area (Å²) in [6, 6.07) is 14.6. The molecule has 0 saturated carbocycles. The van der Waals surface area contributed by atoms with Gasteiger partial charge >= 0.3 is 5.97 Å². The van der Waals surface area contributed by atoms with Gasteiger partial charge in [-0.05, 0) is 42.5 Å². The number of aliphatic imine (C=N–C) groups is 1. The number of hydrogen-bond acceptors (Lipinski definition) is 7. The first kappa shape index (κ1) is 34.5. The van der Waals surface area contributed by atoms with Crippen LogP contribution in [-0.2, 0) is 36.8 Å². The van der Waals surface area contributed by atoms with Crippen LogP contribution in [0.3, 0.4) is 0 Å². The molecule has 0 saturated heterocycles. The topological polar surface area (TPSA) is 175 Å². The van der Waals surface area contributed by atoms with Crippen molar-refractivity contribution in [2.45, 2.75) is 57.5 Å². The Balaban J connectivity index is 2.21. The molecule has 0 heterocycles. The molecule has 0 aliphatic heterocycles. The summed E-state index contributed by atoms with van der Waals surface area (Å²) >= 11 is 0. The molecular weight excluding hydrogens is 550 g/mol. The molecule has 3 atom stereocenters. The van der Waals surface area contributed by atoms with Gasteiger partial charge in [-0.1, -0.05) is 61.5 Å². The molecule has 11 heteroatoms. The highest BCUT2D eigenvalue weighted by Gasteiger charge is 2.30. The van der Waals surface area contributed by atoms with Gasteiger partial charge < -0.3 is 31.6 Å². The summed E-state index contributed by atoms with van der Waals surface area (Å²) in [5, 5.41) is 5.52. The molecule has 11 nitrogen and oxygen atoms in total. The molecule has 0 spiro atoms. The number of methoxy groups -OCH3 is 1. The molecule has 0 aromatic heterocycles. The van der Waals surface area contributed by atoms with Crippen molar-refractivity contribution in [1.29, 1.82) is 0 Å². The fourth-order valence-corrected chi connectivity index (χ4v) is 4.50. The van der Waals surface area contributed by atoms with Gasteiger partial charge in [-0.2, -0.15) is 0 Å². The lowest BCUT2D eigenvalue weighted by molar-refractivity contribution is -0.145. The first-order chi connectivity index (χ1) is 20.6. The Morgan fingerprint density at radius 3 is 2.19 bits per heavy atom. The molecule has 2 rings (SSSR count). The van der Waals surface area contributed by atoms with E-state index in [0.717, 1.165) is 11.1 Å². The van der Waals surface area contributed by atoms with Crippen molar-refractivity contribution < 1.29 is 28.7 Å². The summed E-state index contributed by atoms with van der Waals surface area (Å²) in [6.45, 7) is 5.71. The number of esters is 1. The van der Waals surface area contributed by atoms with Gasteiger partial charge in [-0.15, -0.1) is 0 Å². The second-order valence-corrected chi connectivity index (χ2v) is 10.1. The number of unbranched alkanes of at least 4 members (excludes halogenated alkanes) is 1. The zero-order chi connectivity index (χ0) is 31.6. The standard InChI is InChI=1S/C32H43N5O6/c1-4-18-43-26-15-13-24(14-16-26)19-27(36-22(2)38)29(39)21-25(12-8-9-17-35-32(33)34)30(40)37-28(31(41)42-3)20-23-10-6-5-7-11-23/h4-7,10-11,13-16,25,27-28H,1,8-9,12,17-21H2,2-3H3,(H,36,38)(H,37,40)(H4,33,34,35)/t25-,27+,28+/m1/s1. The van der Waals surface area contributed by atoms with Crippen LogP contribution in [0.15, 0.2) is 72.2 Å². The zero-order valence-electron chi connectivity index (χ0n) is 24.9. The minimum atomic E-state index is -0.938. The Kier molecular flexibility index (Phi) is 15.0. The average molecular weight is 594 g/mol. The maximum absolute atomic E-state index is 13.6. The van der Waals surface area contributed by atoms with Crippen molar-refractivity contribution in [3.8, 4) is 5.75 Å². The van der Waals surface area contributed by atoms with Gasteiger partial charge in [0.15, 0.2) is 11.7 Å². The molecule has 2 aromatic rings. The van der Waals surface area contributed by atoms with Crippen LogP contribution in [0.1, 0.15) is 43.7 Å². The van der Waals surface area contributed by atoms with Crippen LogP contribution in [0.4, 0.5) is 0 Å². The second-order valence-electron chi connectivity index (χ2n) is 10.1. The number of nitrogens with one attached hydrogen (secondary N) is 2. The quantitative estimate of drug-likeness (QED) is 0.0630. The van der Waals surface area contributed by atoms with Crippen LogP contribution < -0.4 is 26.8 Å². The van der Waals surface area contributed by atoms with Gasteiger partial charge in [0.25, 0.3) is 0 Å². The highest BCUT2D eigenvalue weighted by Crippen LogP contribution is 2.19. The van der Waals surface area contributed by atoms with Crippen molar-refractivity contribution in [2.75, 3.05) is 20.3 Å². The van der Waals surface area contributed by atoms with Crippen LogP contribution in [0.25, 0.3) is 0 Å². The summed E-state index contributed by atoms with van der Waals surface area (Å²) in [7, 11) is 1.26. The van der Waals surface area contributed by atoms with E-state index in [1.165, 1.54) is 14.0 Å². The van der Waals surface area contributed by atoms with Gasteiger partial charge in [-0.3, -0.25) is 19.4 Å². The Hall–Kier alpha value is -4.67. The lowest BCUT2D eigenvalue weighted by Crippen LogP contribution is -2.47. The fourth-order valence-electron chi connectivity index (χ4n) is 4.50. The number of nitrogens with two attached hydrogens (primary N) is 2. The van der Waals surface area contributed by atoms with E-state index in [1.807, 2.05) is 42.5 Å². The minimum Gasteiger partial charge on any atom is -0.490 e. The number of amides is 2. The molecular formula is C32H43N5O6.